The van der Waals surface area contributed by atoms with E-state index in [1.165, 1.54) is 11.1 Å². The molecular weight excluding hydrogens is 793 g/mol. The number of aliphatic hydroxyl groups excluding tert-OH is 1. The summed E-state index contributed by atoms with van der Waals surface area (Å²) in [6.45, 7) is 10.4. The van der Waals surface area contributed by atoms with Gasteiger partial charge in [-0.15, -0.1) is 0 Å². The number of anilines is 2. The maximum atomic E-state index is 10.2. The zero-order valence-corrected chi connectivity index (χ0v) is 38.6. The van der Waals surface area contributed by atoms with Crippen molar-refractivity contribution in [3.05, 3.63) is 66.0 Å². The molecule has 2 saturated carbocycles. The predicted octanol–water partition coefficient (Wildman–Crippen LogP) is 11.0. The largest absolute Gasteiger partial charge is 0.497 e. The van der Waals surface area contributed by atoms with Crippen LogP contribution in [-0.2, 0) is 11.0 Å². The minimum absolute atomic E-state index is 0.0455. The molecule has 4 heterocycles. The maximum absolute atomic E-state index is 10.2. The van der Waals surface area contributed by atoms with Gasteiger partial charge in [-0.3, -0.25) is 0 Å². The van der Waals surface area contributed by atoms with Gasteiger partial charge in [-0.2, -0.15) is 10.5 Å². The van der Waals surface area contributed by atoms with Gasteiger partial charge in [0.1, 0.15) is 52.3 Å². The van der Waals surface area contributed by atoms with Gasteiger partial charge in [-0.05, 0) is 113 Å². The average molecular weight is 867 g/mol. The predicted molar refractivity (Wildman–Crippen MR) is 249 cm³/mol. The number of benzene rings is 1. The van der Waals surface area contributed by atoms with E-state index in [0.29, 0.717) is 47.6 Å². The number of nitriles is 2. The standard InChI is InChI=1S/C31H45N5O2Si.C17H23N5O/c1-22(38-39(7,8)31(2,3)4)30-34-27-20-33-29(35(5)21-24-11-15-26(37-6)16-12-24)19-28(27)36(30)25-13-9-23(10-14-25)17-18-32;1-11(23)17-21-14-10-20-16(19-2)9-15(14)22(17)13-5-3-12(4-6-13)7-8-18/h11-12,15-16,19-20,22-23,25H,9-10,13-14,17,21H2,1-8H3;9-13,23H,3-7H2,1-2H3,(H,19,20)/t22-,23?,25?;11-,12?,13?/m11/s1/i5D3;2D3. The number of pyridine rings is 2. The molecule has 0 amide bonds. The Morgan fingerprint density at radius 1 is 0.871 bits per heavy atom. The summed E-state index contributed by atoms with van der Waals surface area (Å²) >= 11 is 0. The highest BCUT2D eigenvalue weighted by Crippen LogP contribution is 2.43. The molecule has 4 aromatic heterocycles. The van der Waals surface area contributed by atoms with Gasteiger partial charge in [0.15, 0.2) is 8.32 Å². The van der Waals surface area contributed by atoms with Crippen molar-refractivity contribution < 1.29 is 22.5 Å². The maximum Gasteiger partial charge on any atom is 0.193 e. The average Bonchev–Trinajstić information content (AvgIpc) is 3.84. The monoisotopic (exact) mass is 867 g/mol. The summed E-state index contributed by atoms with van der Waals surface area (Å²) in [5, 5.41) is 30.8. The van der Waals surface area contributed by atoms with Crippen LogP contribution >= 0.6 is 0 Å². The number of aromatic nitrogens is 6. The Balaban J connectivity index is 0.000000250. The number of hydrogen-bond acceptors (Lipinski definition) is 11. The van der Waals surface area contributed by atoms with Crippen molar-refractivity contribution in [3.8, 4) is 17.9 Å². The first-order chi connectivity index (χ1) is 31.9. The molecule has 5 aromatic rings. The minimum Gasteiger partial charge on any atom is -0.497 e. The highest BCUT2D eigenvalue weighted by atomic mass is 28.4. The number of hydrogen-bond donors (Lipinski definition) is 2. The summed E-state index contributed by atoms with van der Waals surface area (Å²) in [5.74, 6) is 3.61. The Labute approximate surface area is 378 Å². The van der Waals surface area contributed by atoms with E-state index < -0.39 is 28.4 Å². The van der Waals surface area contributed by atoms with Crippen LogP contribution in [0.15, 0.2) is 48.8 Å². The van der Waals surface area contributed by atoms with Crippen molar-refractivity contribution in [1.29, 1.82) is 10.5 Å². The Morgan fingerprint density at radius 2 is 1.42 bits per heavy atom. The molecule has 0 radical (unpaired) electrons. The first-order valence-corrected chi connectivity index (χ1v) is 24.9. The minimum atomic E-state index is -2.40. The molecule has 2 atom stereocenters. The fraction of sp³-hybridized carbons (Fsp3) is 0.583. The summed E-state index contributed by atoms with van der Waals surface area (Å²) in [6.07, 6.45) is 11.0. The van der Waals surface area contributed by atoms with Crippen LogP contribution in [0.25, 0.3) is 22.1 Å². The van der Waals surface area contributed by atoms with Crippen LogP contribution in [0.2, 0.25) is 18.1 Å². The highest BCUT2D eigenvalue weighted by Gasteiger charge is 2.40. The molecule has 0 unspecified atom stereocenters. The third-order valence-electron chi connectivity index (χ3n) is 13.2. The van der Waals surface area contributed by atoms with Gasteiger partial charge in [-0.1, -0.05) is 32.9 Å². The summed E-state index contributed by atoms with van der Waals surface area (Å²) in [6, 6.07) is 15.9. The zero-order chi connectivity index (χ0) is 49.8. The van der Waals surface area contributed by atoms with Crippen molar-refractivity contribution in [2.45, 2.75) is 148 Å². The molecule has 2 N–H and O–H groups in total. The van der Waals surface area contributed by atoms with Crippen LogP contribution in [0.3, 0.4) is 0 Å². The third kappa shape index (κ3) is 10.6. The normalized spacial score (nSPS) is 22.2. The second-order valence-electron chi connectivity index (χ2n) is 18.6. The van der Waals surface area contributed by atoms with Gasteiger partial charge in [0, 0.05) is 65.8 Å². The Bertz CT molecular complexity index is 2560. The van der Waals surface area contributed by atoms with Gasteiger partial charge < -0.3 is 33.6 Å². The molecule has 13 nitrogen and oxygen atoms in total. The van der Waals surface area contributed by atoms with Crippen LogP contribution in [0.4, 0.5) is 11.6 Å². The summed E-state index contributed by atoms with van der Waals surface area (Å²) in [5.41, 5.74) is 3.85. The van der Waals surface area contributed by atoms with Crippen molar-refractivity contribution in [3.63, 3.8) is 0 Å². The molecular formula is C48H68N10O3Si. The quantitative estimate of drug-likeness (QED) is 0.108. The molecule has 332 valence electrons. The Hall–Kier alpha value is -5.02. The number of rotatable bonds is 13. The second kappa shape index (κ2) is 20.0. The number of ether oxygens (including phenoxy) is 1. The van der Waals surface area contributed by atoms with Crippen LogP contribution in [-0.4, -0.2) is 63.6 Å². The van der Waals surface area contributed by atoms with E-state index in [9.17, 15) is 10.4 Å². The molecule has 0 spiro atoms. The van der Waals surface area contributed by atoms with E-state index >= 15 is 0 Å². The Morgan fingerprint density at radius 3 is 1.94 bits per heavy atom. The summed E-state index contributed by atoms with van der Waals surface area (Å²) in [4.78, 5) is 19.7. The third-order valence-corrected chi connectivity index (χ3v) is 17.8. The SMILES string of the molecule is [2H]C([2H])([2H])N(Cc1ccc(OC)cc1)c1cc2c(cn1)nc([C@@H](C)O[Si](C)(C)C(C)(C)C)n2C1CCC(CC#N)CC1.[2H]C([2H])([2H])Nc1cc2c(cn1)nc([C@@H](C)O)n2C1CCC(CC#N)CC1. The molecule has 62 heavy (non-hydrogen) atoms. The number of fused-ring (bicyclic) bond motifs is 2. The van der Waals surface area contributed by atoms with Crippen molar-refractivity contribution in [2.75, 3.05) is 31.3 Å². The molecule has 7 rings (SSSR count). The lowest BCUT2D eigenvalue weighted by molar-refractivity contribution is 0.175. The molecule has 0 bridgehead atoms. The topological polar surface area (TPSA) is 163 Å². The lowest BCUT2D eigenvalue weighted by atomic mass is 9.84. The van der Waals surface area contributed by atoms with E-state index in [-0.39, 0.29) is 35.6 Å². The first kappa shape index (κ1) is 38.6. The fourth-order valence-electron chi connectivity index (χ4n) is 8.73. The summed E-state index contributed by atoms with van der Waals surface area (Å²) < 4.78 is 63.5. The lowest BCUT2D eigenvalue weighted by Gasteiger charge is -2.39. The molecule has 0 aliphatic heterocycles. The smallest absolute Gasteiger partial charge is 0.193 e. The zero-order valence-electron chi connectivity index (χ0n) is 43.6. The number of methoxy groups -OCH3 is 1. The van der Waals surface area contributed by atoms with Gasteiger partial charge in [-0.25, -0.2) is 19.9 Å². The van der Waals surface area contributed by atoms with Gasteiger partial charge in [0.25, 0.3) is 0 Å². The molecule has 2 aliphatic rings. The van der Waals surface area contributed by atoms with Crippen molar-refractivity contribution in [2.24, 2.45) is 11.8 Å². The van der Waals surface area contributed by atoms with Crippen LogP contribution in [0.5, 0.6) is 5.75 Å². The summed E-state index contributed by atoms with van der Waals surface area (Å²) in [7, 11) is -0.489. The first-order valence-electron chi connectivity index (χ1n) is 25.0. The fourth-order valence-corrected chi connectivity index (χ4v) is 10.1. The van der Waals surface area contributed by atoms with Crippen LogP contribution < -0.4 is 15.0 Å². The van der Waals surface area contributed by atoms with Crippen LogP contribution in [0.1, 0.15) is 149 Å². The highest BCUT2D eigenvalue weighted by molar-refractivity contribution is 6.74. The number of nitrogens with zero attached hydrogens (tertiary/aromatic N) is 9. The molecule has 2 aliphatic carbocycles. The second-order valence-corrected chi connectivity index (χ2v) is 23.4. The van der Waals surface area contributed by atoms with Crippen molar-refractivity contribution >= 4 is 42.0 Å². The van der Waals surface area contributed by atoms with Gasteiger partial charge in [0.2, 0.25) is 0 Å². The molecule has 0 saturated heterocycles. The van der Waals surface area contributed by atoms with Crippen molar-refractivity contribution in [1.82, 2.24) is 29.1 Å². The van der Waals surface area contributed by atoms with Gasteiger partial charge in [0.05, 0.1) is 42.7 Å². The number of aliphatic hydroxyl groups is 1. The van der Waals surface area contributed by atoms with E-state index in [0.717, 1.165) is 79.3 Å². The lowest BCUT2D eigenvalue weighted by Crippen LogP contribution is -2.41. The number of imidazole rings is 2. The Kier molecular flexibility index (Phi) is 12.5. The molecule has 1 aromatic carbocycles. The molecule has 2 fully saturated rings. The number of nitrogens with one attached hydrogen (secondary N) is 1. The molecule has 14 heteroatoms. The van der Waals surface area contributed by atoms with Gasteiger partial charge >= 0.3 is 0 Å². The van der Waals surface area contributed by atoms with E-state index in [2.05, 4.69) is 77.8 Å². The van der Waals surface area contributed by atoms with E-state index in [1.54, 1.807) is 26.3 Å². The van der Waals surface area contributed by atoms with E-state index in [4.69, 9.17) is 27.6 Å². The van der Waals surface area contributed by atoms with E-state index in [1.807, 2.05) is 34.9 Å². The van der Waals surface area contributed by atoms with Crippen LogP contribution in [0, 0.1) is 34.5 Å².